The summed E-state index contributed by atoms with van der Waals surface area (Å²) in [4.78, 5) is 24.0. The molecule has 0 saturated heterocycles. The van der Waals surface area contributed by atoms with Crippen LogP contribution in [-0.4, -0.2) is 22.4 Å². The van der Waals surface area contributed by atoms with Gasteiger partial charge in [0.15, 0.2) is 6.04 Å². The topological polar surface area (TPSA) is 61.2 Å². The van der Waals surface area contributed by atoms with E-state index in [1.807, 2.05) is 37.3 Å². The SMILES string of the molecule is CCOC(=O)[C@H](CC)n1nc(-c2ccccc2)ccc1=O. The molecule has 5 nitrogen and oxygen atoms in total. The number of aromatic nitrogens is 2. The molecular formula is C16H18N2O3. The lowest BCUT2D eigenvalue weighted by molar-refractivity contribution is -0.147. The molecule has 0 aliphatic rings. The molecule has 0 spiro atoms. The molecule has 5 heteroatoms. The predicted octanol–water partition coefficient (Wildman–Crippen LogP) is 2.42. The van der Waals surface area contributed by atoms with Gasteiger partial charge in [0.1, 0.15) is 0 Å². The Labute approximate surface area is 123 Å². The average molecular weight is 286 g/mol. The van der Waals surface area contributed by atoms with Crippen LogP contribution in [0, 0.1) is 0 Å². The minimum atomic E-state index is -0.693. The van der Waals surface area contributed by atoms with Crippen LogP contribution in [0.2, 0.25) is 0 Å². The Hall–Kier alpha value is -2.43. The Balaban J connectivity index is 2.44. The molecule has 0 N–H and O–H groups in total. The number of hydrogen-bond donors (Lipinski definition) is 0. The van der Waals surface area contributed by atoms with Crippen LogP contribution in [0.5, 0.6) is 0 Å². The Morgan fingerprint density at radius 3 is 2.52 bits per heavy atom. The van der Waals surface area contributed by atoms with Crippen molar-refractivity contribution in [1.29, 1.82) is 0 Å². The zero-order chi connectivity index (χ0) is 15.2. The standard InChI is InChI=1S/C16H18N2O3/c1-3-14(16(20)21-4-2)18-15(19)11-10-13(17-18)12-8-6-5-7-9-12/h5-11,14H,3-4H2,1-2H3/t14-/m0/s1. The molecule has 2 aromatic rings. The molecular weight excluding hydrogens is 268 g/mol. The van der Waals surface area contributed by atoms with E-state index in [4.69, 9.17) is 4.74 Å². The lowest BCUT2D eigenvalue weighted by Crippen LogP contribution is -2.32. The molecule has 21 heavy (non-hydrogen) atoms. The minimum absolute atomic E-state index is 0.280. The first kappa shape index (κ1) is 15.0. The highest BCUT2D eigenvalue weighted by Gasteiger charge is 2.22. The molecule has 1 aromatic carbocycles. The monoisotopic (exact) mass is 286 g/mol. The van der Waals surface area contributed by atoms with Crippen molar-refractivity contribution in [3.05, 3.63) is 52.8 Å². The average Bonchev–Trinajstić information content (AvgIpc) is 2.51. The van der Waals surface area contributed by atoms with E-state index in [-0.39, 0.29) is 12.2 Å². The first-order chi connectivity index (χ1) is 10.2. The Morgan fingerprint density at radius 2 is 1.90 bits per heavy atom. The fraction of sp³-hybridized carbons (Fsp3) is 0.312. The molecule has 2 rings (SSSR count). The zero-order valence-electron chi connectivity index (χ0n) is 12.2. The second-order valence-electron chi connectivity index (χ2n) is 4.54. The number of nitrogens with zero attached hydrogens (tertiary/aromatic N) is 2. The van der Waals surface area contributed by atoms with Gasteiger partial charge in [-0.15, -0.1) is 0 Å². The van der Waals surface area contributed by atoms with Gasteiger partial charge in [-0.25, -0.2) is 9.48 Å². The Morgan fingerprint density at radius 1 is 1.19 bits per heavy atom. The quantitative estimate of drug-likeness (QED) is 0.792. The third-order valence-electron chi connectivity index (χ3n) is 3.14. The second-order valence-corrected chi connectivity index (χ2v) is 4.54. The number of esters is 1. The van der Waals surface area contributed by atoms with Crippen LogP contribution in [0.3, 0.4) is 0 Å². The lowest BCUT2D eigenvalue weighted by atomic mass is 10.1. The summed E-state index contributed by atoms with van der Waals surface area (Å²) in [6.45, 7) is 3.84. The van der Waals surface area contributed by atoms with Gasteiger partial charge >= 0.3 is 5.97 Å². The summed E-state index contributed by atoms with van der Waals surface area (Å²) >= 11 is 0. The number of ether oxygens (including phenoxy) is 1. The molecule has 0 saturated carbocycles. The van der Waals surface area contributed by atoms with E-state index in [0.717, 1.165) is 5.56 Å². The van der Waals surface area contributed by atoms with E-state index >= 15 is 0 Å². The van der Waals surface area contributed by atoms with Crippen LogP contribution in [0.1, 0.15) is 26.3 Å². The van der Waals surface area contributed by atoms with Crippen LogP contribution in [0.4, 0.5) is 0 Å². The highest BCUT2D eigenvalue weighted by molar-refractivity contribution is 5.74. The maximum absolute atomic E-state index is 12.0. The zero-order valence-corrected chi connectivity index (χ0v) is 12.2. The van der Waals surface area contributed by atoms with Crippen molar-refractivity contribution in [1.82, 2.24) is 9.78 Å². The van der Waals surface area contributed by atoms with Crippen LogP contribution in [0.15, 0.2) is 47.3 Å². The summed E-state index contributed by atoms with van der Waals surface area (Å²) in [6.07, 6.45) is 0.448. The van der Waals surface area contributed by atoms with Gasteiger partial charge in [0.25, 0.3) is 5.56 Å². The van der Waals surface area contributed by atoms with Crippen molar-refractivity contribution in [2.24, 2.45) is 0 Å². The van der Waals surface area contributed by atoms with Gasteiger partial charge in [0.05, 0.1) is 12.3 Å². The lowest BCUT2D eigenvalue weighted by Gasteiger charge is -2.16. The first-order valence-electron chi connectivity index (χ1n) is 6.99. The van der Waals surface area contributed by atoms with Crippen molar-refractivity contribution >= 4 is 5.97 Å². The van der Waals surface area contributed by atoms with E-state index in [1.165, 1.54) is 10.7 Å². The van der Waals surface area contributed by atoms with Crippen molar-refractivity contribution < 1.29 is 9.53 Å². The van der Waals surface area contributed by atoms with Crippen molar-refractivity contribution in [3.8, 4) is 11.3 Å². The summed E-state index contributed by atoms with van der Waals surface area (Å²) in [5.74, 6) is -0.431. The van der Waals surface area contributed by atoms with Gasteiger partial charge in [-0.2, -0.15) is 5.10 Å². The largest absolute Gasteiger partial charge is 0.464 e. The molecule has 0 fully saturated rings. The first-order valence-corrected chi connectivity index (χ1v) is 6.99. The van der Waals surface area contributed by atoms with Gasteiger partial charge in [0, 0.05) is 11.6 Å². The predicted molar refractivity (Wildman–Crippen MR) is 79.9 cm³/mol. The molecule has 1 atom stereocenters. The third-order valence-corrected chi connectivity index (χ3v) is 3.14. The number of carbonyl (C=O) groups is 1. The van der Waals surface area contributed by atoms with E-state index in [9.17, 15) is 9.59 Å². The van der Waals surface area contributed by atoms with Gasteiger partial charge in [-0.3, -0.25) is 4.79 Å². The van der Waals surface area contributed by atoms with Crippen LogP contribution < -0.4 is 5.56 Å². The molecule has 0 bridgehead atoms. The summed E-state index contributed by atoms with van der Waals surface area (Å²) in [5.41, 5.74) is 1.23. The summed E-state index contributed by atoms with van der Waals surface area (Å²) < 4.78 is 6.22. The molecule has 1 heterocycles. The number of benzene rings is 1. The summed E-state index contributed by atoms with van der Waals surface area (Å²) in [6, 6.07) is 11.9. The minimum Gasteiger partial charge on any atom is -0.464 e. The molecule has 0 aliphatic heterocycles. The number of carbonyl (C=O) groups excluding carboxylic acids is 1. The fourth-order valence-corrected chi connectivity index (χ4v) is 2.09. The van der Waals surface area contributed by atoms with E-state index in [2.05, 4.69) is 5.10 Å². The van der Waals surface area contributed by atoms with Crippen molar-refractivity contribution in [2.75, 3.05) is 6.61 Å². The molecule has 110 valence electrons. The van der Waals surface area contributed by atoms with Gasteiger partial charge in [0.2, 0.25) is 0 Å². The molecule has 0 unspecified atom stereocenters. The molecule has 0 aliphatic carbocycles. The fourth-order valence-electron chi connectivity index (χ4n) is 2.09. The van der Waals surface area contributed by atoms with Gasteiger partial charge in [-0.1, -0.05) is 37.3 Å². The highest BCUT2D eigenvalue weighted by atomic mass is 16.5. The summed E-state index contributed by atoms with van der Waals surface area (Å²) in [5, 5.41) is 4.32. The normalized spacial score (nSPS) is 11.9. The number of rotatable bonds is 5. The molecule has 1 aromatic heterocycles. The van der Waals surface area contributed by atoms with E-state index in [0.29, 0.717) is 12.1 Å². The second kappa shape index (κ2) is 6.83. The third kappa shape index (κ3) is 3.37. The smallest absolute Gasteiger partial charge is 0.331 e. The van der Waals surface area contributed by atoms with Crippen molar-refractivity contribution in [2.45, 2.75) is 26.3 Å². The van der Waals surface area contributed by atoms with Gasteiger partial charge < -0.3 is 4.74 Å². The van der Waals surface area contributed by atoms with Crippen molar-refractivity contribution in [3.63, 3.8) is 0 Å². The van der Waals surface area contributed by atoms with Gasteiger partial charge in [-0.05, 0) is 19.4 Å². The van der Waals surface area contributed by atoms with Crippen LogP contribution in [-0.2, 0) is 9.53 Å². The van der Waals surface area contributed by atoms with Crippen LogP contribution in [0.25, 0.3) is 11.3 Å². The maximum atomic E-state index is 12.0. The van der Waals surface area contributed by atoms with E-state index in [1.54, 1.807) is 13.0 Å². The van der Waals surface area contributed by atoms with Crippen LogP contribution >= 0.6 is 0 Å². The molecule has 0 radical (unpaired) electrons. The molecule has 0 amide bonds. The Bertz CT molecular complexity index is 665. The highest BCUT2D eigenvalue weighted by Crippen LogP contribution is 2.16. The van der Waals surface area contributed by atoms with E-state index < -0.39 is 12.0 Å². The Kier molecular flexibility index (Phi) is 4.87. The number of hydrogen-bond acceptors (Lipinski definition) is 4. The summed E-state index contributed by atoms with van der Waals surface area (Å²) in [7, 11) is 0. The maximum Gasteiger partial charge on any atom is 0.331 e.